The van der Waals surface area contributed by atoms with Crippen LogP contribution < -0.4 is 10.1 Å². The molecule has 0 radical (unpaired) electrons. The number of rotatable bonds is 4. The van der Waals surface area contributed by atoms with E-state index in [9.17, 15) is 9.18 Å². The first-order valence-corrected chi connectivity index (χ1v) is 6.61. The molecule has 6 heteroatoms. The number of nitrogens with zero attached hydrogens (tertiary/aromatic N) is 1. The Morgan fingerprint density at radius 1 is 1.50 bits per heavy atom. The van der Waals surface area contributed by atoms with Crippen molar-refractivity contribution in [3.63, 3.8) is 0 Å². The van der Waals surface area contributed by atoms with Gasteiger partial charge in [0.1, 0.15) is 11.6 Å². The monoisotopic (exact) mass is 290 g/mol. The third-order valence-electron chi connectivity index (χ3n) is 2.66. The van der Waals surface area contributed by atoms with Crippen molar-refractivity contribution < 1.29 is 13.9 Å². The van der Waals surface area contributed by atoms with Gasteiger partial charge in [0.25, 0.3) is 5.91 Å². The highest BCUT2D eigenvalue weighted by Crippen LogP contribution is 2.21. The second-order valence-corrected chi connectivity index (χ2v) is 4.86. The summed E-state index contributed by atoms with van der Waals surface area (Å²) in [6.45, 7) is 0.0661. The number of carbonyl (C=O) groups is 1. The zero-order valence-corrected chi connectivity index (χ0v) is 11.5. The first-order valence-electron chi connectivity index (χ1n) is 5.73. The summed E-state index contributed by atoms with van der Waals surface area (Å²) in [5.41, 5.74) is 0.585. The van der Waals surface area contributed by atoms with E-state index in [1.54, 1.807) is 11.4 Å². The largest absolute Gasteiger partial charge is 0.496 e. The summed E-state index contributed by atoms with van der Waals surface area (Å²) in [6.07, 6.45) is 0. The topological polar surface area (TPSA) is 62.1 Å². The van der Waals surface area contributed by atoms with Crippen molar-refractivity contribution in [2.75, 3.05) is 7.11 Å². The molecule has 0 bridgehead atoms. The number of halogens is 1. The summed E-state index contributed by atoms with van der Waals surface area (Å²) in [6, 6.07) is 7.63. The minimum absolute atomic E-state index is 0.0661. The fraction of sp³-hybridized carbons (Fsp3) is 0.143. The maximum absolute atomic E-state index is 13.6. The standard InChI is InChI=1S/C14H11FN2O2S/c1-19-11-5-13(20-8-11)14(18)17-7-10-3-2-9(6-16)4-12(10)15/h2-5,8H,7H2,1H3,(H,17,18). The fourth-order valence-corrected chi connectivity index (χ4v) is 2.34. The van der Waals surface area contributed by atoms with Gasteiger partial charge in [-0.05, 0) is 12.1 Å². The summed E-state index contributed by atoms with van der Waals surface area (Å²) >= 11 is 1.25. The average Bonchev–Trinajstić information content (AvgIpc) is 2.94. The SMILES string of the molecule is COc1csc(C(=O)NCc2ccc(C#N)cc2F)c1. The molecule has 1 amide bonds. The summed E-state index contributed by atoms with van der Waals surface area (Å²) in [7, 11) is 1.52. The van der Waals surface area contributed by atoms with Crippen molar-refractivity contribution >= 4 is 17.2 Å². The number of ether oxygens (including phenoxy) is 1. The van der Waals surface area contributed by atoms with Crippen LogP contribution in [0.5, 0.6) is 5.75 Å². The molecule has 0 spiro atoms. The number of amides is 1. The molecule has 1 aromatic heterocycles. The predicted molar refractivity (Wildman–Crippen MR) is 73.2 cm³/mol. The Morgan fingerprint density at radius 2 is 2.30 bits per heavy atom. The molecule has 0 aliphatic carbocycles. The molecule has 0 aliphatic rings. The molecular weight excluding hydrogens is 279 g/mol. The van der Waals surface area contributed by atoms with Crippen molar-refractivity contribution in [3.8, 4) is 11.8 Å². The molecule has 1 aromatic carbocycles. The van der Waals surface area contributed by atoms with Gasteiger partial charge in [-0.1, -0.05) is 6.07 Å². The maximum Gasteiger partial charge on any atom is 0.261 e. The molecule has 0 aliphatic heterocycles. The van der Waals surface area contributed by atoms with E-state index in [0.29, 0.717) is 16.2 Å². The fourth-order valence-electron chi connectivity index (χ4n) is 1.57. The van der Waals surface area contributed by atoms with Crippen LogP contribution in [0.15, 0.2) is 29.6 Å². The van der Waals surface area contributed by atoms with Crippen molar-refractivity contribution in [1.29, 1.82) is 5.26 Å². The van der Waals surface area contributed by atoms with E-state index in [1.165, 1.54) is 30.6 Å². The summed E-state index contributed by atoms with van der Waals surface area (Å²) in [4.78, 5) is 12.3. The Kier molecular flexibility index (Phi) is 4.33. The zero-order valence-electron chi connectivity index (χ0n) is 10.6. The molecular formula is C14H11FN2O2S. The Bertz CT molecular complexity index is 676. The van der Waals surface area contributed by atoms with Gasteiger partial charge >= 0.3 is 0 Å². The van der Waals surface area contributed by atoms with Gasteiger partial charge in [-0.2, -0.15) is 5.26 Å². The number of hydrogen-bond donors (Lipinski definition) is 1. The molecule has 1 heterocycles. The maximum atomic E-state index is 13.6. The minimum atomic E-state index is -0.506. The molecule has 4 nitrogen and oxygen atoms in total. The normalized spacial score (nSPS) is 9.85. The van der Waals surface area contributed by atoms with Crippen molar-refractivity contribution in [2.24, 2.45) is 0 Å². The molecule has 1 N–H and O–H groups in total. The van der Waals surface area contributed by atoms with Crippen LogP contribution in [0.25, 0.3) is 0 Å². The van der Waals surface area contributed by atoms with Gasteiger partial charge in [-0.3, -0.25) is 4.79 Å². The van der Waals surface area contributed by atoms with Gasteiger partial charge in [0.15, 0.2) is 0 Å². The van der Waals surface area contributed by atoms with Crippen LogP contribution in [0.3, 0.4) is 0 Å². The number of nitriles is 1. The quantitative estimate of drug-likeness (QED) is 0.941. The third kappa shape index (κ3) is 3.13. The smallest absolute Gasteiger partial charge is 0.261 e. The highest BCUT2D eigenvalue weighted by molar-refractivity contribution is 7.12. The molecule has 102 valence electrons. The number of methoxy groups -OCH3 is 1. The average molecular weight is 290 g/mol. The first-order chi connectivity index (χ1) is 9.63. The molecule has 0 saturated heterocycles. The second kappa shape index (κ2) is 6.17. The van der Waals surface area contributed by atoms with Gasteiger partial charge in [-0.15, -0.1) is 11.3 Å². The van der Waals surface area contributed by atoms with Crippen LogP contribution in [0.1, 0.15) is 20.8 Å². The first kappa shape index (κ1) is 14.0. The molecule has 0 unspecified atom stereocenters. The number of thiophene rings is 1. The number of nitrogens with one attached hydrogen (secondary N) is 1. The summed E-state index contributed by atoms with van der Waals surface area (Å²) in [5, 5.41) is 13.0. The molecule has 0 fully saturated rings. The molecule has 20 heavy (non-hydrogen) atoms. The minimum Gasteiger partial charge on any atom is -0.496 e. The lowest BCUT2D eigenvalue weighted by atomic mass is 10.1. The Labute approximate surface area is 119 Å². The van der Waals surface area contributed by atoms with Crippen LogP contribution >= 0.6 is 11.3 Å². The van der Waals surface area contributed by atoms with E-state index in [1.807, 2.05) is 6.07 Å². The van der Waals surface area contributed by atoms with E-state index in [2.05, 4.69) is 5.32 Å². The highest BCUT2D eigenvalue weighted by Gasteiger charge is 2.10. The Balaban J connectivity index is 2.01. The lowest BCUT2D eigenvalue weighted by Gasteiger charge is -2.05. The van der Waals surface area contributed by atoms with Crippen LogP contribution in [0.4, 0.5) is 4.39 Å². The van der Waals surface area contributed by atoms with E-state index in [-0.39, 0.29) is 18.0 Å². The number of carbonyl (C=O) groups excluding carboxylic acids is 1. The highest BCUT2D eigenvalue weighted by atomic mass is 32.1. The van der Waals surface area contributed by atoms with Crippen LogP contribution in [-0.2, 0) is 6.54 Å². The molecule has 2 rings (SSSR count). The number of hydrogen-bond acceptors (Lipinski definition) is 4. The second-order valence-electron chi connectivity index (χ2n) is 3.95. The Hall–Kier alpha value is -2.39. The summed E-state index contributed by atoms with van der Waals surface area (Å²) in [5.74, 6) is -0.181. The van der Waals surface area contributed by atoms with Gasteiger partial charge in [-0.25, -0.2) is 4.39 Å². The summed E-state index contributed by atoms with van der Waals surface area (Å²) < 4.78 is 18.6. The van der Waals surface area contributed by atoms with Crippen molar-refractivity contribution in [3.05, 3.63) is 51.5 Å². The number of benzene rings is 1. The molecule has 2 aromatic rings. The lowest BCUT2D eigenvalue weighted by Crippen LogP contribution is -2.22. The van der Waals surface area contributed by atoms with Gasteiger partial charge in [0.2, 0.25) is 0 Å². The Morgan fingerprint density at radius 3 is 2.90 bits per heavy atom. The van der Waals surface area contributed by atoms with Crippen molar-refractivity contribution in [2.45, 2.75) is 6.54 Å². The van der Waals surface area contributed by atoms with E-state index < -0.39 is 5.82 Å². The van der Waals surface area contributed by atoms with Crippen LogP contribution in [0, 0.1) is 17.1 Å². The van der Waals surface area contributed by atoms with Crippen LogP contribution in [-0.4, -0.2) is 13.0 Å². The van der Waals surface area contributed by atoms with Crippen LogP contribution in [0.2, 0.25) is 0 Å². The zero-order chi connectivity index (χ0) is 14.5. The lowest BCUT2D eigenvalue weighted by molar-refractivity contribution is 0.0954. The van der Waals surface area contributed by atoms with Gasteiger partial charge in [0.05, 0.1) is 23.6 Å². The van der Waals surface area contributed by atoms with Crippen molar-refractivity contribution in [1.82, 2.24) is 5.32 Å². The predicted octanol–water partition coefficient (Wildman–Crippen LogP) is 2.70. The van der Waals surface area contributed by atoms with E-state index >= 15 is 0 Å². The van der Waals surface area contributed by atoms with Gasteiger partial charge < -0.3 is 10.1 Å². The third-order valence-corrected chi connectivity index (χ3v) is 3.56. The molecule has 0 atom stereocenters. The van der Waals surface area contributed by atoms with E-state index in [0.717, 1.165) is 6.07 Å². The molecule has 0 saturated carbocycles. The van der Waals surface area contributed by atoms with E-state index in [4.69, 9.17) is 10.00 Å². The van der Waals surface area contributed by atoms with Gasteiger partial charge in [0, 0.05) is 23.6 Å².